The first kappa shape index (κ1) is 18.1. The van der Waals surface area contributed by atoms with Crippen molar-refractivity contribution >= 4 is 17.2 Å². The van der Waals surface area contributed by atoms with E-state index in [0.717, 1.165) is 10.4 Å². The molecule has 1 atom stereocenters. The molecule has 6 heteroatoms. The fourth-order valence-electron chi connectivity index (χ4n) is 2.48. The molecule has 0 spiro atoms. The van der Waals surface area contributed by atoms with Crippen LogP contribution in [0.2, 0.25) is 0 Å². The summed E-state index contributed by atoms with van der Waals surface area (Å²) in [5, 5.41) is 4.85. The maximum atomic E-state index is 13.5. The van der Waals surface area contributed by atoms with Crippen molar-refractivity contribution in [3.63, 3.8) is 0 Å². The van der Waals surface area contributed by atoms with Gasteiger partial charge in [0.25, 0.3) is 0 Å². The van der Waals surface area contributed by atoms with Gasteiger partial charge >= 0.3 is 0 Å². The van der Waals surface area contributed by atoms with Gasteiger partial charge in [-0.25, -0.2) is 8.78 Å². The Morgan fingerprint density at radius 2 is 1.81 bits per heavy atom. The summed E-state index contributed by atoms with van der Waals surface area (Å²) < 4.78 is 32.0. The second-order valence-electron chi connectivity index (χ2n) is 5.60. The number of hydrogen-bond acceptors (Lipinski definition) is 3. The van der Waals surface area contributed by atoms with Gasteiger partial charge in [0.05, 0.1) is 19.1 Å². The second-order valence-corrected chi connectivity index (χ2v) is 6.58. The summed E-state index contributed by atoms with van der Waals surface area (Å²) in [5.74, 6) is -0.906. The molecule has 0 bridgehead atoms. The number of halogens is 2. The third kappa shape index (κ3) is 4.67. The molecule has 0 saturated carbocycles. The van der Waals surface area contributed by atoms with Gasteiger partial charge in [0.1, 0.15) is 5.82 Å². The summed E-state index contributed by atoms with van der Waals surface area (Å²) in [6.45, 7) is 0.0628. The van der Waals surface area contributed by atoms with Crippen LogP contribution in [-0.2, 0) is 4.79 Å². The van der Waals surface area contributed by atoms with E-state index >= 15 is 0 Å². The quantitative estimate of drug-likeness (QED) is 0.652. The Bertz CT molecular complexity index is 851. The summed E-state index contributed by atoms with van der Waals surface area (Å²) in [5.41, 5.74) is 0.789. The second kappa shape index (κ2) is 8.58. The number of carbonyl (C=O) groups excluding carboxylic acids is 1. The molecule has 0 fully saturated rings. The predicted octanol–water partition coefficient (Wildman–Crippen LogP) is 4.70. The topological polar surface area (TPSA) is 38.3 Å². The lowest BCUT2D eigenvalue weighted by Gasteiger charge is -2.18. The molecule has 3 aromatic rings. The number of amides is 1. The van der Waals surface area contributed by atoms with Crippen LogP contribution in [0.4, 0.5) is 8.78 Å². The molecule has 0 saturated heterocycles. The highest BCUT2D eigenvalue weighted by Crippen LogP contribution is 2.26. The minimum Gasteiger partial charge on any atom is -0.490 e. The maximum absolute atomic E-state index is 13.5. The average Bonchev–Trinajstić information content (AvgIpc) is 3.17. The first-order valence-corrected chi connectivity index (χ1v) is 8.97. The standard InChI is InChI=1S/C20H17F2NO2S/c21-15-9-7-14(8-10-15)20(18-6-3-13-26-18)23-19(24)11-12-25-17-5-2-1-4-16(17)22/h1-10,13,20H,11-12H2,(H,23,24). The van der Waals surface area contributed by atoms with Crippen LogP contribution in [0.15, 0.2) is 66.0 Å². The molecule has 1 amide bonds. The molecule has 3 nitrogen and oxygen atoms in total. The number of benzene rings is 2. The number of thiophene rings is 1. The number of hydrogen-bond donors (Lipinski definition) is 1. The molecule has 1 aromatic heterocycles. The zero-order chi connectivity index (χ0) is 18.4. The fourth-order valence-corrected chi connectivity index (χ4v) is 3.28. The van der Waals surface area contributed by atoms with Crippen LogP contribution in [-0.4, -0.2) is 12.5 Å². The molecular formula is C20H17F2NO2S. The highest BCUT2D eigenvalue weighted by Gasteiger charge is 2.18. The van der Waals surface area contributed by atoms with E-state index in [2.05, 4.69) is 5.32 Å². The third-order valence-electron chi connectivity index (χ3n) is 3.76. The van der Waals surface area contributed by atoms with Crippen LogP contribution in [0.1, 0.15) is 22.9 Å². The summed E-state index contributed by atoms with van der Waals surface area (Å²) in [4.78, 5) is 13.3. The minimum absolute atomic E-state index is 0.0628. The fraction of sp³-hybridized carbons (Fsp3) is 0.150. The molecule has 26 heavy (non-hydrogen) atoms. The summed E-state index contributed by atoms with van der Waals surface area (Å²) in [7, 11) is 0. The zero-order valence-electron chi connectivity index (χ0n) is 13.8. The molecule has 0 aliphatic heterocycles. The lowest BCUT2D eigenvalue weighted by Crippen LogP contribution is -2.29. The Morgan fingerprint density at radius 3 is 2.50 bits per heavy atom. The van der Waals surface area contributed by atoms with E-state index in [1.807, 2.05) is 17.5 Å². The van der Waals surface area contributed by atoms with Crippen LogP contribution in [0.25, 0.3) is 0 Å². The van der Waals surface area contributed by atoms with E-state index in [9.17, 15) is 13.6 Å². The summed E-state index contributed by atoms with van der Waals surface area (Å²) in [6.07, 6.45) is 0.0808. The van der Waals surface area contributed by atoms with Gasteiger partial charge in [0, 0.05) is 4.88 Å². The van der Waals surface area contributed by atoms with Crippen molar-refractivity contribution in [1.29, 1.82) is 0 Å². The molecule has 0 radical (unpaired) electrons. The summed E-state index contributed by atoms with van der Waals surface area (Å²) in [6, 6.07) is 15.5. The number of para-hydroxylation sites is 1. The van der Waals surface area contributed by atoms with Gasteiger partial charge in [-0.1, -0.05) is 30.3 Å². The van der Waals surface area contributed by atoms with E-state index in [-0.39, 0.29) is 36.5 Å². The lowest BCUT2D eigenvalue weighted by atomic mass is 10.1. The van der Waals surface area contributed by atoms with Crippen LogP contribution in [0.5, 0.6) is 5.75 Å². The third-order valence-corrected chi connectivity index (χ3v) is 4.70. The molecule has 1 heterocycles. The van der Waals surface area contributed by atoms with Gasteiger partial charge in [-0.05, 0) is 41.3 Å². The van der Waals surface area contributed by atoms with Crippen molar-refractivity contribution in [3.05, 3.63) is 88.1 Å². The Hall–Kier alpha value is -2.73. The largest absolute Gasteiger partial charge is 0.490 e. The minimum atomic E-state index is -0.462. The molecule has 1 N–H and O–H groups in total. The van der Waals surface area contributed by atoms with Gasteiger partial charge in [-0.3, -0.25) is 4.79 Å². The number of ether oxygens (including phenoxy) is 1. The van der Waals surface area contributed by atoms with Crippen LogP contribution in [0.3, 0.4) is 0 Å². The van der Waals surface area contributed by atoms with E-state index in [1.165, 1.54) is 35.6 Å². The van der Waals surface area contributed by atoms with Crippen LogP contribution in [0, 0.1) is 11.6 Å². The van der Waals surface area contributed by atoms with Gasteiger partial charge in [0.15, 0.2) is 11.6 Å². The van der Waals surface area contributed by atoms with Crippen molar-refractivity contribution in [1.82, 2.24) is 5.32 Å². The molecule has 1 unspecified atom stereocenters. The summed E-state index contributed by atoms with van der Waals surface area (Å²) >= 11 is 1.51. The Morgan fingerprint density at radius 1 is 1.04 bits per heavy atom. The van der Waals surface area contributed by atoms with Crippen molar-refractivity contribution in [2.75, 3.05) is 6.61 Å². The zero-order valence-corrected chi connectivity index (χ0v) is 14.6. The Labute approximate surface area is 154 Å². The Balaban J connectivity index is 1.62. The smallest absolute Gasteiger partial charge is 0.224 e. The number of nitrogens with one attached hydrogen (secondary N) is 1. The monoisotopic (exact) mass is 373 g/mol. The predicted molar refractivity (Wildman–Crippen MR) is 97.2 cm³/mol. The highest BCUT2D eigenvalue weighted by atomic mass is 32.1. The van der Waals surface area contributed by atoms with E-state index < -0.39 is 5.82 Å². The van der Waals surface area contributed by atoms with E-state index in [4.69, 9.17) is 4.74 Å². The van der Waals surface area contributed by atoms with Crippen molar-refractivity contribution in [2.45, 2.75) is 12.5 Å². The molecular weight excluding hydrogens is 356 g/mol. The first-order valence-electron chi connectivity index (χ1n) is 8.09. The van der Waals surface area contributed by atoms with Gasteiger partial charge in [-0.15, -0.1) is 11.3 Å². The van der Waals surface area contributed by atoms with E-state index in [1.54, 1.807) is 24.3 Å². The lowest BCUT2D eigenvalue weighted by molar-refractivity contribution is -0.122. The molecule has 134 valence electrons. The van der Waals surface area contributed by atoms with Gasteiger partial charge < -0.3 is 10.1 Å². The normalized spacial score (nSPS) is 11.8. The van der Waals surface area contributed by atoms with Crippen molar-refractivity contribution in [3.8, 4) is 5.75 Å². The first-order chi connectivity index (χ1) is 12.6. The van der Waals surface area contributed by atoms with Gasteiger partial charge in [0.2, 0.25) is 5.91 Å². The maximum Gasteiger partial charge on any atom is 0.224 e. The molecule has 0 aliphatic carbocycles. The highest BCUT2D eigenvalue weighted by molar-refractivity contribution is 7.10. The van der Waals surface area contributed by atoms with Crippen LogP contribution < -0.4 is 10.1 Å². The average molecular weight is 373 g/mol. The Kier molecular flexibility index (Phi) is 5.96. The van der Waals surface area contributed by atoms with Crippen molar-refractivity contribution in [2.24, 2.45) is 0 Å². The SMILES string of the molecule is O=C(CCOc1ccccc1F)NC(c1ccc(F)cc1)c1cccs1. The molecule has 0 aliphatic rings. The molecule has 2 aromatic carbocycles. The number of carbonyl (C=O) groups is 1. The molecule has 3 rings (SSSR count). The number of rotatable bonds is 7. The van der Waals surface area contributed by atoms with Crippen LogP contribution >= 0.6 is 11.3 Å². The van der Waals surface area contributed by atoms with Crippen molar-refractivity contribution < 1.29 is 18.3 Å². The van der Waals surface area contributed by atoms with E-state index in [0.29, 0.717) is 0 Å². The van der Waals surface area contributed by atoms with Gasteiger partial charge in [-0.2, -0.15) is 0 Å².